The van der Waals surface area contributed by atoms with E-state index in [0.717, 1.165) is 13.1 Å². The fraction of sp³-hybridized carbons (Fsp3) is 0.538. The molecular formula is C13H20N2. The average Bonchev–Trinajstić information content (AvgIpc) is 2.24. The molecule has 0 unspecified atom stereocenters. The Hall–Kier alpha value is -1.18. The number of hydrogen-bond acceptors (Lipinski definition) is 2. The van der Waals surface area contributed by atoms with Crippen LogP contribution in [0, 0.1) is 12.3 Å². The van der Waals surface area contributed by atoms with E-state index in [9.17, 15) is 0 Å². The molecule has 0 saturated heterocycles. The Labute approximate surface area is 92.3 Å². The Kier molecular flexibility index (Phi) is 2.37. The van der Waals surface area contributed by atoms with Gasteiger partial charge in [-0.05, 0) is 24.0 Å². The van der Waals surface area contributed by atoms with Crippen LogP contribution in [-0.2, 0) is 0 Å². The van der Waals surface area contributed by atoms with Crippen molar-refractivity contribution in [1.29, 1.82) is 0 Å². The summed E-state index contributed by atoms with van der Waals surface area (Å²) in [6.45, 7) is 8.91. The molecule has 0 saturated carbocycles. The second kappa shape index (κ2) is 3.44. The SMILES string of the molecule is Cc1cccc2c1N(C)CC(C)(C)CN2. The quantitative estimate of drug-likeness (QED) is 0.699. The number of benzene rings is 1. The van der Waals surface area contributed by atoms with Crippen LogP contribution in [0.15, 0.2) is 18.2 Å². The van der Waals surface area contributed by atoms with Crippen LogP contribution in [-0.4, -0.2) is 20.1 Å². The van der Waals surface area contributed by atoms with Gasteiger partial charge in [0.25, 0.3) is 0 Å². The van der Waals surface area contributed by atoms with Crippen LogP contribution in [0.3, 0.4) is 0 Å². The monoisotopic (exact) mass is 204 g/mol. The molecule has 82 valence electrons. The van der Waals surface area contributed by atoms with Gasteiger partial charge in [-0.2, -0.15) is 0 Å². The Morgan fingerprint density at radius 2 is 2.07 bits per heavy atom. The number of nitrogens with zero attached hydrogens (tertiary/aromatic N) is 1. The first-order valence-electron chi connectivity index (χ1n) is 5.54. The Balaban J connectivity index is 2.44. The van der Waals surface area contributed by atoms with Crippen molar-refractivity contribution in [2.75, 3.05) is 30.4 Å². The molecule has 0 bridgehead atoms. The van der Waals surface area contributed by atoms with Crippen molar-refractivity contribution in [2.45, 2.75) is 20.8 Å². The lowest BCUT2D eigenvalue weighted by Crippen LogP contribution is -2.33. The maximum absolute atomic E-state index is 3.54. The van der Waals surface area contributed by atoms with Crippen LogP contribution < -0.4 is 10.2 Å². The molecule has 0 aliphatic carbocycles. The Morgan fingerprint density at radius 3 is 2.80 bits per heavy atom. The van der Waals surface area contributed by atoms with Crippen LogP contribution in [0.5, 0.6) is 0 Å². The summed E-state index contributed by atoms with van der Waals surface area (Å²) in [5, 5.41) is 3.54. The lowest BCUT2D eigenvalue weighted by molar-refractivity contribution is 0.402. The summed E-state index contributed by atoms with van der Waals surface area (Å²) in [4.78, 5) is 2.37. The standard InChI is InChI=1S/C13H20N2/c1-10-6-5-7-11-12(10)15(4)9-13(2,3)8-14-11/h5-7,14H,8-9H2,1-4H3. The molecule has 2 nitrogen and oxygen atoms in total. The molecule has 2 rings (SSSR count). The lowest BCUT2D eigenvalue weighted by atomic mass is 9.93. The first-order chi connectivity index (χ1) is 6.99. The van der Waals surface area contributed by atoms with Crippen molar-refractivity contribution >= 4 is 11.4 Å². The zero-order chi connectivity index (χ0) is 11.1. The van der Waals surface area contributed by atoms with Gasteiger partial charge in [-0.1, -0.05) is 26.0 Å². The Bertz CT molecular complexity index is 369. The third-order valence-corrected chi connectivity index (χ3v) is 3.04. The molecule has 1 aliphatic rings. The highest BCUT2D eigenvalue weighted by atomic mass is 15.2. The van der Waals surface area contributed by atoms with E-state index < -0.39 is 0 Å². The van der Waals surface area contributed by atoms with Gasteiger partial charge < -0.3 is 10.2 Å². The maximum Gasteiger partial charge on any atom is 0.0629 e. The summed E-state index contributed by atoms with van der Waals surface area (Å²) in [6.07, 6.45) is 0. The highest BCUT2D eigenvalue weighted by Crippen LogP contribution is 2.34. The highest BCUT2D eigenvalue weighted by molar-refractivity contribution is 5.74. The van der Waals surface area contributed by atoms with Crippen molar-refractivity contribution in [1.82, 2.24) is 0 Å². The normalized spacial score (nSPS) is 19.1. The summed E-state index contributed by atoms with van der Waals surface area (Å²) in [6, 6.07) is 6.46. The van der Waals surface area contributed by atoms with Crippen LogP contribution in [0.2, 0.25) is 0 Å². The van der Waals surface area contributed by atoms with E-state index >= 15 is 0 Å². The van der Waals surface area contributed by atoms with E-state index in [1.54, 1.807) is 0 Å². The number of aryl methyl sites for hydroxylation is 1. The van der Waals surface area contributed by atoms with Crippen LogP contribution in [0.25, 0.3) is 0 Å². The first-order valence-corrected chi connectivity index (χ1v) is 5.54. The second-order valence-corrected chi connectivity index (χ2v) is 5.34. The molecular weight excluding hydrogens is 184 g/mol. The second-order valence-electron chi connectivity index (χ2n) is 5.34. The van der Waals surface area contributed by atoms with E-state index in [1.807, 2.05) is 0 Å². The number of anilines is 2. The van der Waals surface area contributed by atoms with Crippen molar-refractivity contribution < 1.29 is 0 Å². The van der Waals surface area contributed by atoms with Crippen molar-refractivity contribution in [3.05, 3.63) is 23.8 Å². The molecule has 15 heavy (non-hydrogen) atoms. The molecule has 1 N–H and O–H groups in total. The fourth-order valence-corrected chi connectivity index (χ4v) is 2.42. The number of para-hydroxylation sites is 1. The molecule has 1 heterocycles. The molecule has 1 aliphatic heterocycles. The molecule has 0 radical (unpaired) electrons. The molecule has 0 spiro atoms. The highest BCUT2D eigenvalue weighted by Gasteiger charge is 2.25. The minimum Gasteiger partial charge on any atom is -0.383 e. The van der Waals surface area contributed by atoms with Crippen LogP contribution in [0.1, 0.15) is 19.4 Å². The largest absolute Gasteiger partial charge is 0.383 e. The smallest absolute Gasteiger partial charge is 0.0629 e. The van der Waals surface area contributed by atoms with Crippen molar-refractivity contribution in [2.24, 2.45) is 5.41 Å². The predicted octanol–water partition coefficient (Wildman–Crippen LogP) is 2.88. The predicted molar refractivity (Wildman–Crippen MR) is 66.7 cm³/mol. The number of fused-ring (bicyclic) bond motifs is 1. The zero-order valence-corrected chi connectivity index (χ0v) is 10.1. The van der Waals surface area contributed by atoms with Crippen LogP contribution >= 0.6 is 0 Å². The third-order valence-electron chi connectivity index (χ3n) is 3.04. The minimum absolute atomic E-state index is 0.320. The fourth-order valence-electron chi connectivity index (χ4n) is 2.42. The van der Waals surface area contributed by atoms with Crippen molar-refractivity contribution in [3.8, 4) is 0 Å². The summed E-state index contributed by atoms with van der Waals surface area (Å²) in [5.74, 6) is 0. The lowest BCUT2D eigenvalue weighted by Gasteiger charge is -2.28. The zero-order valence-electron chi connectivity index (χ0n) is 10.1. The molecule has 1 aromatic rings. The molecule has 0 atom stereocenters. The van der Waals surface area contributed by atoms with Gasteiger partial charge >= 0.3 is 0 Å². The summed E-state index contributed by atoms with van der Waals surface area (Å²) < 4.78 is 0. The molecule has 1 aromatic carbocycles. The van der Waals surface area contributed by atoms with E-state index in [4.69, 9.17) is 0 Å². The number of rotatable bonds is 0. The van der Waals surface area contributed by atoms with Gasteiger partial charge in [0.1, 0.15) is 0 Å². The van der Waals surface area contributed by atoms with E-state index in [-0.39, 0.29) is 0 Å². The van der Waals surface area contributed by atoms with E-state index in [0.29, 0.717) is 5.41 Å². The van der Waals surface area contributed by atoms with Crippen LogP contribution in [0.4, 0.5) is 11.4 Å². The number of nitrogens with one attached hydrogen (secondary N) is 1. The van der Waals surface area contributed by atoms with E-state index in [1.165, 1.54) is 16.9 Å². The van der Waals surface area contributed by atoms with Gasteiger partial charge in [0, 0.05) is 20.1 Å². The summed E-state index contributed by atoms with van der Waals surface area (Å²) in [7, 11) is 2.18. The topological polar surface area (TPSA) is 15.3 Å². The average molecular weight is 204 g/mol. The number of hydrogen-bond donors (Lipinski definition) is 1. The van der Waals surface area contributed by atoms with E-state index in [2.05, 4.69) is 56.2 Å². The molecule has 0 amide bonds. The van der Waals surface area contributed by atoms with Crippen molar-refractivity contribution in [3.63, 3.8) is 0 Å². The van der Waals surface area contributed by atoms with Gasteiger partial charge in [0.05, 0.1) is 11.4 Å². The Morgan fingerprint density at radius 1 is 1.33 bits per heavy atom. The van der Waals surface area contributed by atoms with Gasteiger partial charge in [-0.3, -0.25) is 0 Å². The molecule has 0 fully saturated rings. The van der Waals surface area contributed by atoms with Gasteiger partial charge in [0.15, 0.2) is 0 Å². The molecule has 0 aromatic heterocycles. The molecule has 2 heteroatoms. The summed E-state index contributed by atoms with van der Waals surface area (Å²) in [5.41, 5.74) is 4.28. The van der Waals surface area contributed by atoms with Gasteiger partial charge in [0.2, 0.25) is 0 Å². The first kappa shape index (κ1) is 10.3. The minimum atomic E-state index is 0.320. The summed E-state index contributed by atoms with van der Waals surface area (Å²) >= 11 is 0. The van der Waals surface area contributed by atoms with Gasteiger partial charge in [-0.25, -0.2) is 0 Å². The third kappa shape index (κ3) is 1.94. The van der Waals surface area contributed by atoms with Gasteiger partial charge in [-0.15, -0.1) is 0 Å². The maximum atomic E-state index is 3.54.